The summed E-state index contributed by atoms with van der Waals surface area (Å²) in [6.45, 7) is 26.0. The van der Waals surface area contributed by atoms with Gasteiger partial charge in [0, 0.05) is 34.6 Å². The first kappa shape index (κ1) is 46.8. The van der Waals surface area contributed by atoms with Crippen molar-refractivity contribution in [1.29, 1.82) is 0 Å². The second-order valence-electron chi connectivity index (χ2n) is 14.9. The number of aromatic nitrogens is 2. The Hall–Kier alpha value is -4.60. The van der Waals surface area contributed by atoms with Crippen molar-refractivity contribution in [3.8, 4) is 44.8 Å². The van der Waals surface area contributed by atoms with Gasteiger partial charge in [0.1, 0.15) is 0 Å². The maximum Gasteiger partial charge on any atom is 1.00 e. The molecular formula is C47H50CuF3N2O3S. The van der Waals surface area contributed by atoms with Crippen LogP contribution in [0.4, 0.5) is 13.2 Å². The first-order chi connectivity index (χ1) is 26.0. The summed E-state index contributed by atoms with van der Waals surface area (Å²) >= 11 is 0. The molecule has 0 atom stereocenters. The van der Waals surface area contributed by atoms with Crippen LogP contribution in [0.3, 0.4) is 0 Å². The van der Waals surface area contributed by atoms with Crippen molar-refractivity contribution in [2.75, 3.05) is 0 Å². The molecular weight excluding hydrogens is 793 g/mol. The molecule has 0 aliphatic rings. The van der Waals surface area contributed by atoms with Crippen molar-refractivity contribution in [3.05, 3.63) is 152 Å². The van der Waals surface area contributed by atoms with Crippen LogP contribution in [0.15, 0.2) is 85.2 Å². The largest absolute Gasteiger partial charge is 1.00 e. The van der Waals surface area contributed by atoms with E-state index in [1.165, 1.54) is 100 Å². The second kappa shape index (κ2) is 18.8. The zero-order valence-electron chi connectivity index (χ0n) is 34.5. The molecule has 0 spiro atoms. The van der Waals surface area contributed by atoms with E-state index in [1.54, 1.807) is 0 Å². The van der Waals surface area contributed by atoms with Gasteiger partial charge in [-0.15, -0.1) is 0 Å². The van der Waals surface area contributed by atoms with Gasteiger partial charge in [-0.05, 0) is 151 Å². The number of hydrogen-bond donors (Lipinski definition) is 0. The fourth-order valence-electron chi connectivity index (χ4n) is 7.82. The molecule has 0 fully saturated rings. The molecule has 0 saturated heterocycles. The molecule has 304 valence electrons. The summed E-state index contributed by atoms with van der Waals surface area (Å²) in [4.78, 5) is 9.56. The molecule has 57 heavy (non-hydrogen) atoms. The molecule has 0 amide bonds. The number of pyridine rings is 2. The fourth-order valence-corrected chi connectivity index (χ4v) is 7.82. The van der Waals surface area contributed by atoms with Crippen molar-refractivity contribution in [1.82, 2.24) is 9.97 Å². The molecule has 0 N–H and O–H groups in total. The number of rotatable bonds is 4. The molecule has 5 nitrogen and oxygen atoms in total. The minimum absolute atomic E-state index is 0. The molecule has 0 saturated carbocycles. The molecule has 2 aromatic heterocycles. The summed E-state index contributed by atoms with van der Waals surface area (Å²) in [6, 6.07) is 26.6. The minimum Gasteiger partial charge on any atom is -0.741 e. The first-order valence-corrected chi connectivity index (χ1v) is 19.7. The standard InChI is InChI=1S/2C23H25N.CHF3O3S.Cu/c2*1-14-9-16(3)22(17(4)10-14)20-7-8-21(24-13-20)23-18(5)11-15(2)12-19(23)6;2-1(3,4)8(5,6)7;/h2*7-13H,1-6H3;(H,5,6,7);/q;;;+1/p-1. The van der Waals surface area contributed by atoms with E-state index in [9.17, 15) is 13.2 Å². The van der Waals surface area contributed by atoms with Crippen LogP contribution in [0.1, 0.15) is 66.8 Å². The molecule has 10 heteroatoms. The maximum absolute atomic E-state index is 10.7. The Morgan fingerprint density at radius 1 is 0.439 bits per heavy atom. The fraction of sp³-hybridized carbons (Fsp3) is 0.277. The Kier molecular flexibility index (Phi) is 15.4. The van der Waals surface area contributed by atoms with Gasteiger partial charge in [-0.25, -0.2) is 8.42 Å². The van der Waals surface area contributed by atoms with Crippen LogP contribution in [-0.2, 0) is 27.2 Å². The number of halogens is 3. The Balaban J connectivity index is 0.000000253. The van der Waals surface area contributed by atoms with Crippen LogP contribution < -0.4 is 0 Å². The topological polar surface area (TPSA) is 83.0 Å². The van der Waals surface area contributed by atoms with E-state index in [2.05, 4.69) is 156 Å². The second-order valence-corrected chi connectivity index (χ2v) is 16.2. The zero-order chi connectivity index (χ0) is 41.9. The SMILES string of the molecule is Cc1cc(C)c(-c2ccc(-c3c(C)cc(C)cc3C)nc2)c(C)c1.Cc1cc(C)c(-c2ccc(-c3c(C)cc(C)cc3C)nc2)c(C)c1.O=S(=O)([O-])C(F)(F)F.[Cu+]. The number of aryl methyl sites for hydroxylation is 12. The first-order valence-electron chi connectivity index (χ1n) is 18.3. The van der Waals surface area contributed by atoms with E-state index in [-0.39, 0.29) is 17.1 Å². The van der Waals surface area contributed by atoms with Crippen LogP contribution in [0, 0.1) is 83.1 Å². The van der Waals surface area contributed by atoms with Gasteiger partial charge in [-0.3, -0.25) is 9.97 Å². The van der Waals surface area contributed by atoms with E-state index < -0.39 is 15.6 Å². The van der Waals surface area contributed by atoms with Crippen molar-refractivity contribution in [2.45, 2.75) is 88.6 Å². The smallest absolute Gasteiger partial charge is 0.741 e. The molecule has 0 bridgehead atoms. The average molecular weight is 844 g/mol. The average Bonchev–Trinajstić information content (AvgIpc) is 3.04. The minimum atomic E-state index is -6.09. The summed E-state index contributed by atoms with van der Waals surface area (Å²) in [6.07, 6.45) is 4.03. The number of benzene rings is 4. The Morgan fingerprint density at radius 3 is 0.825 bits per heavy atom. The van der Waals surface area contributed by atoms with Gasteiger partial charge in [0.05, 0.1) is 11.4 Å². The summed E-state index contributed by atoms with van der Waals surface area (Å²) in [5.41, 5.74) is 19.6. The number of alkyl halides is 3. The van der Waals surface area contributed by atoms with E-state index in [1.807, 2.05) is 12.4 Å². The monoisotopic (exact) mass is 842 g/mol. The molecule has 6 aromatic rings. The van der Waals surface area contributed by atoms with Gasteiger partial charge in [-0.2, -0.15) is 13.2 Å². The summed E-state index contributed by atoms with van der Waals surface area (Å²) in [7, 11) is -6.09. The van der Waals surface area contributed by atoms with Crippen LogP contribution in [-0.4, -0.2) is 28.4 Å². The van der Waals surface area contributed by atoms with Crippen LogP contribution in [0.5, 0.6) is 0 Å². The van der Waals surface area contributed by atoms with Crippen molar-refractivity contribution in [2.24, 2.45) is 0 Å². The Bertz CT molecular complexity index is 2100. The molecule has 2 heterocycles. The van der Waals surface area contributed by atoms with E-state index >= 15 is 0 Å². The molecule has 0 radical (unpaired) electrons. The van der Waals surface area contributed by atoms with Gasteiger partial charge >= 0.3 is 22.6 Å². The third kappa shape index (κ3) is 11.5. The summed E-state index contributed by atoms with van der Waals surface area (Å²) in [5.74, 6) is 0. The Morgan fingerprint density at radius 2 is 0.649 bits per heavy atom. The number of hydrogen-bond acceptors (Lipinski definition) is 5. The van der Waals surface area contributed by atoms with Gasteiger partial charge in [0.15, 0.2) is 10.1 Å². The quantitative estimate of drug-likeness (QED) is 0.100. The van der Waals surface area contributed by atoms with Crippen LogP contribution >= 0.6 is 0 Å². The van der Waals surface area contributed by atoms with E-state index in [0.717, 1.165) is 11.4 Å². The number of nitrogens with zero attached hydrogens (tertiary/aromatic N) is 2. The Labute approximate surface area is 347 Å². The van der Waals surface area contributed by atoms with Crippen LogP contribution in [0.25, 0.3) is 44.8 Å². The van der Waals surface area contributed by atoms with Crippen molar-refractivity contribution in [3.63, 3.8) is 0 Å². The predicted molar refractivity (Wildman–Crippen MR) is 223 cm³/mol. The molecule has 6 rings (SSSR count). The zero-order valence-corrected chi connectivity index (χ0v) is 36.3. The van der Waals surface area contributed by atoms with E-state index in [0.29, 0.717) is 0 Å². The molecule has 0 unspecified atom stereocenters. The summed E-state index contributed by atoms with van der Waals surface area (Å²) < 4.78 is 58.9. The van der Waals surface area contributed by atoms with E-state index in [4.69, 9.17) is 22.9 Å². The van der Waals surface area contributed by atoms with Crippen molar-refractivity contribution < 1.29 is 43.2 Å². The van der Waals surface area contributed by atoms with Gasteiger partial charge in [0.2, 0.25) is 0 Å². The molecule has 4 aromatic carbocycles. The third-order valence-corrected chi connectivity index (χ3v) is 10.2. The normalized spacial score (nSPS) is 11.2. The predicted octanol–water partition coefficient (Wildman–Crippen LogP) is 12.6. The maximum atomic E-state index is 10.7. The summed E-state index contributed by atoms with van der Waals surface area (Å²) in [5, 5.41) is 0. The molecule has 0 aliphatic carbocycles. The van der Waals surface area contributed by atoms with Gasteiger partial charge in [0.25, 0.3) is 0 Å². The van der Waals surface area contributed by atoms with Gasteiger partial charge in [-0.1, -0.05) is 82.9 Å². The van der Waals surface area contributed by atoms with Gasteiger partial charge < -0.3 is 4.55 Å². The molecule has 0 aliphatic heterocycles. The van der Waals surface area contributed by atoms with Crippen molar-refractivity contribution >= 4 is 10.1 Å². The van der Waals surface area contributed by atoms with Crippen LogP contribution in [0.2, 0.25) is 0 Å². The third-order valence-electron chi connectivity index (χ3n) is 9.61.